The number of benzene rings is 2. The molecule has 1 N–H and O–H groups in total. The van der Waals surface area contributed by atoms with Gasteiger partial charge in [-0.2, -0.15) is 0 Å². The van der Waals surface area contributed by atoms with E-state index in [0.29, 0.717) is 27.6 Å². The number of hydrogen-bond acceptors (Lipinski definition) is 5. The average molecular weight is 528 g/mol. The van der Waals surface area contributed by atoms with E-state index in [4.69, 9.17) is 27.9 Å². The number of carbonyl (C=O) groups is 2. The van der Waals surface area contributed by atoms with E-state index in [1.54, 1.807) is 62.4 Å². The number of carbonyl (C=O) groups excluding carboxylic acids is 1. The number of aliphatic carboxylic acids is 1. The molecule has 4 unspecified atom stereocenters. The molecule has 10 heteroatoms. The van der Waals surface area contributed by atoms with Crippen LogP contribution < -0.4 is 0 Å². The van der Waals surface area contributed by atoms with Crippen LogP contribution in [-0.2, 0) is 24.2 Å². The summed E-state index contributed by atoms with van der Waals surface area (Å²) in [6, 6.07) is 12.4. The van der Waals surface area contributed by atoms with Crippen molar-refractivity contribution in [1.82, 2.24) is 4.90 Å². The number of halogens is 2. The predicted octanol–water partition coefficient (Wildman–Crippen LogP) is 4.69. The van der Waals surface area contributed by atoms with Crippen LogP contribution in [0.25, 0.3) is 0 Å². The minimum atomic E-state index is -3.44. The van der Waals surface area contributed by atoms with Crippen LogP contribution >= 0.6 is 23.2 Å². The van der Waals surface area contributed by atoms with Crippen molar-refractivity contribution in [2.75, 3.05) is 11.5 Å². The van der Waals surface area contributed by atoms with Crippen LogP contribution in [0.5, 0.6) is 0 Å². The third-order valence-electron chi connectivity index (χ3n) is 5.93. The van der Waals surface area contributed by atoms with Crippen molar-refractivity contribution in [2.45, 2.75) is 51.0 Å². The SMILES string of the molecule is CCC(CS(=O)(=O)CC)N1C(=O)C(CC(=O)O)OC(c2cccc(Cl)c2)C1c1ccc(Cl)cc1. The summed E-state index contributed by atoms with van der Waals surface area (Å²) in [5.41, 5.74) is 1.33. The lowest BCUT2D eigenvalue weighted by molar-refractivity contribution is -0.182. The molecule has 2 aromatic carbocycles. The van der Waals surface area contributed by atoms with E-state index >= 15 is 0 Å². The van der Waals surface area contributed by atoms with E-state index in [1.807, 2.05) is 0 Å². The first kappa shape index (κ1) is 26.5. The monoisotopic (exact) mass is 527 g/mol. The van der Waals surface area contributed by atoms with Crippen LogP contribution in [0.1, 0.15) is 50.0 Å². The van der Waals surface area contributed by atoms with E-state index in [9.17, 15) is 23.1 Å². The predicted molar refractivity (Wildman–Crippen MR) is 131 cm³/mol. The average Bonchev–Trinajstić information content (AvgIpc) is 2.79. The fraction of sp³-hybridized carbons (Fsp3) is 0.417. The highest BCUT2D eigenvalue weighted by atomic mass is 35.5. The van der Waals surface area contributed by atoms with Gasteiger partial charge in [0.25, 0.3) is 5.91 Å². The van der Waals surface area contributed by atoms with Gasteiger partial charge in [0, 0.05) is 21.8 Å². The lowest BCUT2D eigenvalue weighted by Gasteiger charge is -2.48. The number of morpholine rings is 1. The van der Waals surface area contributed by atoms with Gasteiger partial charge in [0.15, 0.2) is 9.84 Å². The summed E-state index contributed by atoms with van der Waals surface area (Å²) in [6.45, 7) is 3.36. The molecule has 4 atom stereocenters. The standard InChI is InChI=1S/C24H27Cl2NO6S/c1-3-19(14-34(31,32)4-2)27-22(15-8-10-17(25)11-9-15)23(16-6-5-7-18(26)12-16)33-20(24(27)30)13-21(28)29/h5-12,19-20,22-23H,3-4,13-14H2,1-2H3,(H,28,29). The molecule has 0 radical (unpaired) electrons. The van der Waals surface area contributed by atoms with E-state index in [2.05, 4.69) is 0 Å². The van der Waals surface area contributed by atoms with Crippen LogP contribution in [0.15, 0.2) is 48.5 Å². The Morgan fingerprint density at radius 2 is 1.76 bits per heavy atom. The van der Waals surface area contributed by atoms with Gasteiger partial charge in [0.05, 0.1) is 18.2 Å². The minimum absolute atomic E-state index is 0.0656. The van der Waals surface area contributed by atoms with Crippen molar-refractivity contribution in [3.05, 3.63) is 69.7 Å². The first-order valence-corrected chi connectivity index (χ1v) is 13.5. The Morgan fingerprint density at radius 3 is 2.32 bits per heavy atom. The van der Waals surface area contributed by atoms with Crippen LogP contribution in [0.2, 0.25) is 10.0 Å². The number of carboxylic acid groups (broad SMARTS) is 1. The zero-order valence-corrected chi connectivity index (χ0v) is 21.2. The summed E-state index contributed by atoms with van der Waals surface area (Å²) >= 11 is 12.3. The van der Waals surface area contributed by atoms with Gasteiger partial charge in [-0.05, 0) is 41.8 Å². The topological polar surface area (TPSA) is 101 Å². The fourth-order valence-electron chi connectivity index (χ4n) is 4.21. The Hall–Kier alpha value is -2.13. The highest BCUT2D eigenvalue weighted by molar-refractivity contribution is 7.91. The Labute approximate surface area is 209 Å². The second-order valence-electron chi connectivity index (χ2n) is 8.20. The molecule has 1 saturated heterocycles. The van der Waals surface area contributed by atoms with Crippen LogP contribution in [-0.4, -0.2) is 54.0 Å². The molecule has 1 fully saturated rings. The third-order valence-corrected chi connectivity index (χ3v) is 8.19. The molecule has 0 aliphatic carbocycles. The molecule has 34 heavy (non-hydrogen) atoms. The highest BCUT2D eigenvalue weighted by Gasteiger charge is 2.47. The molecule has 0 bridgehead atoms. The number of amides is 1. The number of rotatable bonds is 9. The van der Waals surface area contributed by atoms with Gasteiger partial charge in [0.2, 0.25) is 0 Å². The largest absolute Gasteiger partial charge is 0.481 e. The van der Waals surface area contributed by atoms with Gasteiger partial charge < -0.3 is 14.7 Å². The van der Waals surface area contributed by atoms with Crippen molar-refractivity contribution < 1.29 is 27.9 Å². The fourth-order valence-corrected chi connectivity index (χ4v) is 5.75. The van der Waals surface area contributed by atoms with E-state index < -0.39 is 52.4 Å². The lowest BCUT2D eigenvalue weighted by atomic mass is 9.89. The summed E-state index contributed by atoms with van der Waals surface area (Å²) in [5, 5.41) is 10.4. The molecule has 0 aromatic heterocycles. The van der Waals surface area contributed by atoms with Crippen LogP contribution in [0, 0.1) is 0 Å². The molecular formula is C24H27Cl2NO6S. The second-order valence-corrected chi connectivity index (χ2v) is 11.5. The Kier molecular flexibility index (Phi) is 8.62. The maximum atomic E-state index is 13.6. The molecule has 0 spiro atoms. The number of nitrogens with zero attached hydrogens (tertiary/aromatic N) is 1. The van der Waals surface area contributed by atoms with Crippen LogP contribution in [0.3, 0.4) is 0 Å². The second kappa shape index (κ2) is 11.1. The zero-order chi connectivity index (χ0) is 25.0. The van der Waals surface area contributed by atoms with E-state index in [0.717, 1.165) is 0 Å². The first-order valence-electron chi connectivity index (χ1n) is 11.0. The van der Waals surface area contributed by atoms with Gasteiger partial charge in [0.1, 0.15) is 12.2 Å². The zero-order valence-electron chi connectivity index (χ0n) is 18.9. The van der Waals surface area contributed by atoms with E-state index in [1.165, 1.54) is 4.90 Å². The van der Waals surface area contributed by atoms with Gasteiger partial charge in [-0.15, -0.1) is 0 Å². The van der Waals surface area contributed by atoms with Gasteiger partial charge in [-0.1, -0.05) is 61.3 Å². The molecule has 1 aliphatic rings. The molecule has 2 aromatic rings. The Morgan fingerprint density at radius 1 is 1.09 bits per heavy atom. The molecule has 3 rings (SSSR count). The van der Waals surface area contributed by atoms with Crippen molar-refractivity contribution in [3.8, 4) is 0 Å². The summed E-state index contributed by atoms with van der Waals surface area (Å²) in [5.74, 6) is -2.05. The molecule has 1 amide bonds. The summed E-state index contributed by atoms with van der Waals surface area (Å²) in [7, 11) is -3.44. The van der Waals surface area contributed by atoms with Crippen LogP contribution in [0.4, 0.5) is 0 Å². The number of hydrogen-bond donors (Lipinski definition) is 1. The normalized spacial score (nSPS) is 21.9. The summed E-state index contributed by atoms with van der Waals surface area (Å²) in [6.07, 6.45) is -2.24. The maximum Gasteiger partial charge on any atom is 0.306 e. The summed E-state index contributed by atoms with van der Waals surface area (Å²) < 4.78 is 31.2. The number of sulfone groups is 1. The number of ether oxygens (including phenoxy) is 1. The molecule has 1 heterocycles. The van der Waals surface area contributed by atoms with Gasteiger partial charge in [-0.3, -0.25) is 9.59 Å². The lowest BCUT2D eigenvalue weighted by Crippen LogP contribution is -2.56. The Bertz CT molecular complexity index is 1140. The quantitative estimate of drug-likeness (QED) is 0.507. The Balaban J connectivity index is 2.20. The van der Waals surface area contributed by atoms with Crippen molar-refractivity contribution in [2.24, 2.45) is 0 Å². The van der Waals surface area contributed by atoms with Crippen molar-refractivity contribution >= 4 is 44.9 Å². The molecular weight excluding hydrogens is 501 g/mol. The third kappa shape index (κ3) is 6.10. The maximum absolute atomic E-state index is 13.6. The first-order chi connectivity index (χ1) is 16.1. The smallest absolute Gasteiger partial charge is 0.306 e. The summed E-state index contributed by atoms with van der Waals surface area (Å²) in [4.78, 5) is 26.7. The van der Waals surface area contributed by atoms with Gasteiger partial charge >= 0.3 is 5.97 Å². The number of carboxylic acids is 1. The molecule has 7 nitrogen and oxygen atoms in total. The highest BCUT2D eigenvalue weighted by Crippen LogP contribution is 2.44. The molecule has 0 saturated carbocycles. The van der Waals surface area contributed by atoms with Crippen molar-refractivity contribution in [1.29, 1.82) is 0 Å². The molecule has 1 aliphatic heterocycles. The van der Waals surface area contributed by atoms with Crippen molar-refractivity contribution in [3.63, 3.8) is 0 Å². The minimum Gasteiger partial charge on any atom is -0.481 e. The van der Waals surface area contributed by atoms with Gasteiger partial charge in [-0.25, -0.2) is 8.42 Å². The van der Waals surface area contributed by atoms with E-state index in [-0.39, 0.29) is 11.5 Å². The molecule has 184 valence electrons.